The number of aryl methyl sites for hydroxylation is 2. The Kier molecular flexibility index (Phi) is 9.27. The summed E-state index contributed by atoms with van der Waals surface area (Å²) in [6, 6.07) is 6.76. The number of halogens is 2. The molecule has 0 bridgehead atoms. The molecule has 3 aliphatic rings. The molecule has 1 radical (unpaired) electrons. The second kappa shape index (κ2) is 12.8. The third-order valence-corrected chi connectivity index (χ3v) is 11.2. The van der Waals surface area contributed by atoms with Crippen molar-refractivity contribution in [3.05, 3.63) is 58.3 Å². The van der Waals surface area contributed by atoms with Crippen LogP contribution in [-0.2, 0) is 27.1 Å². The number of unbranched alkanes of at least 4 members (excludes halogenated alkanes) is 1. The van der Waals surface area contributed by atoms with Gasteiger partial charge in [0.1, 0.15) is 32.5 Å². The molecule has 1 aromatic heterocycles. The molecule has 39 heavy (non-hydrogen) atoms. The number of carboxylic acid groups (broad SMARTS) is 1. The lowest BCUT2D eigenvalue weighted by molar-refractivity contribution is -0.141. The van der Waals surface area contributed by atoms with Crippen molar-refractivity contribution >= 4 is 20.7 Å². The minimum Gasteiger partial charge on any atom is -0.480 e. The molecule has 2 N–H and O–H groups in total. The maximum atomic E-state index is 15.0. The quantitative estimate of drug-likeness (QED) is 0.281. The van der Waals surface area contributed by atoms with Crippen LogP contribution in [0, 0.1) is 11.6 Å². The summed E-state index contributed by atoms with van der Waals surface area (Å²) in [7, 11) is 0.557. The van der Waals surface area contributed by atoms with Crippen molar-refractivity contribution in [3.63, 3.8) is 0 Å². The van der Waals surface area contributed by atoms with E-state index in [0.29, 0.717) is 19.6 Å². The summed E-state index contributed by atoms with van der Waals surface area (Å²) in [5.41, 5.74) is 2.76. The highest BCUT2D eigenvalue weighted by Crippen LogP contribution is 2.39. The summed E-state index contributed by atoms with van der Waals surface area (Å²) >= 11 is 0. The predicted molar refractivity (Wildman–Crippen MR) is 146 cm³/mol. The molecule has 1 aromatic carbocycles. The molecular weight excluding hydrogens is 520 g/mol. The largest absolute Gasteiger partial charge is 0.480 e. The van der Waals surface area contributed by atoms with Crippen LogP contribution < -0.4 is 5.32 Å². The average molecular weight is 559 g/mol. The number of fused-ring (bicyclic) bond motifs is 1. The summed E-state index contributed by atoms with van der Waals surface area (Å²) in [6.07, 6.45) is 6.99. The molecule has 0 aliphatic carbocycles. The van der Waals surface area contributed by atoms with Gasteiger partial charge in [0.15, 0.2) is 0 Å². The fourth-order valence-corrected chi connectivity index (χ4v) is 8.22. The van der Waals surface area contributed by atoms with Crippen molar-refractivity contribution in [2.24, 2.45) is 0 Å². The van der Waals surface area contributed by atoms with Gasteiger partial charge in [-0.1, -0.05) is 6.07 Å². The fourth-order valence-electron chi connectivity index (χ4n) is 5.87. The second-order valence-corrected chi connectivity index (χ2v) is 13.5. The number of nitrogens with one attached hydrogen (secondary N) is 1. The maximum Gasteiger partial charge on any atom is 0.324 e. The molecule has 10 heteroatoms. The van der Waals surface area contributed by atoms with Gasteiger partial charge in [-0.25, -0.2) is 13.8 Å². The zero-order chi connectivity index (χ0) is 27.4. The van der Waals surface area contributed by atoms with E-state index < -0.39 is 38.7 Å². The van der Waals surface area contributed by atoms with Crippen LogP contribution in [0.15, 0.2) is 24.3 Å². The maximum absolute atomic E-state index is 15.0. The Balaban J connectivity index is 1.12. The number of likely N-dealkylation sites (N-methyl/N-ethyl adjacent to an activating group) is 1. The highest BCUT2D eigenvalue weighted by atomic mass is 28.3. The number of carbonyl (C=O) groups is 1. The zero-order valence-corrected chi connectivity index (χ0v) is 23.6. The van der Waals surface area contributed by atoms with Crippen molar-refractivity contribution in [1.82, 2.24) is 9.55 Å². The Bertz CT molecular complexity index is 1160. The summed E-state index contributed by atoms with van der Waals surface area (Å²) in [6.45, 7) is 2.14. The molecule has 4 heterocycles. The number of aliphatic carboxylic acids is 1. The molecule has 3 aliphatic heterocycles. The number of carboxylic acids is 1. The first kappa shape index (κ1) is 28.1. The number of benzene rings is 1. The van der Waals surface area contributed by atoms with Gasteiger partial charge in [0.25, 0.3) is 0 Å². The number of pyridine rings is 1. The number of rotatable bonds is 11. The van der Waals surface area contributed by atoms with Crippen LogP contribution in [0.2, 0.25) is 12.1 Å². The van der Waals surface area contributed by atoms with E-state index >= 15 is 0 Å². The van der Waals surface area contributed by atoms with E-state index in [9.17, 15) is 18.7 Å². The lowest BCUT2D eigenvalue weighted by Gasteiger charge is -2.42. The average Bonchev–Trinajstić information content (AvgIpc) is 2.89. The van der Waals surface area contributed by atoms with Gasteiger partial charge in [0.05, 0.1) is 12.2 Å². The Morgan fingerprint density at radius 2 is 2.10 bits per heavy atom. The summed E-state index contributed by atoms with van der Waals surface area (Å²) in [4.78, 5) is 17.2. The first-order valence-corrected chi connectivity index (χ1v) is 16.0. The SMILES string of the molecule is CN([C@H](C(=O)O)c1cc(F)cc(F)c1[C@@H]1CCCCO1)[Si]1CC(OCCCCc2ccc3c(n2)NCCC3)C1. The molecule has 7 nitrogen and oxygen atoms in total. The summed E-state index contributed by atoms with van der Waals surface area (Å²) < 4.78 is 42.9. The minimum absolute atomic E-state index is 0.104. The first-order chi connectivity index (χ1) is 18.9. The van der Waals surface area contributed by atoms with Crippen LogP contribution in [0.25, 0.3) is 0 Å². The molecule has 211 valence electrons. The summed E-state index contributed by atoms with van der Waals surface area (Å²) in [5, 5.41) is 13.5. The smallest absolute Gasteiger partial charge is 0.324 e. The molecule has 5 rings (SSSR count). The number of nitrogens with zero attached hydrogens (tertiary/aromatic N) is 2. The van der Waals surface area contributed by atoms with Crippen molar-refractivity contribution in [2.75, 3.05) is 32.1 Å². The van der Waals surface area contributed by atoms with Crippen LogP contribution >= 0.6 is 0 Å². The molecule has 0 unspecified atom stereocenters. The molecule has 2 atom stereocenters. The van der Waals surface area contributed by atoms with E-state index in [-0.39, 0.29) is 17.2 Å². The highest BCUT2D eigenvalue weighted by Gasteiger charge is 2.42. The van der Waals surface area contributed by atoms with Crippen molar-refractivity contribution < 1.29 is 28.2 Å². The van der Waals surface area contributed by atoms with E-state index in [0.717, 1.165) is 81.2 Å². The zero-order valence-electron chi connectivity index (χ0n) is 22.6. The minimum atomic E-state index is -1.20. The van der Waals surface area contributed by atoms with Gasteiger partial charge >= 0.3 is 5.97 Å². The third-order valence-electron chi connectivity index (χ3n) is 8.10. The molecule has 2 saturated heterocycles. The van der Waals surface area contributed by atoms with E-state index in [2.05, 4.69) is 17.4 Å². The van der Waals surface area contributed by atoms with Gasteiger partial charge in [-0.3, -0.25) is 4.79 Å². The molecule has 0 saturated carbocycles. The van der Waals surface area contributed by atoms with E-state index in [1.807, 2.05) is 4.57 Å². The highest BCUT2D eigenvalue weighted by molar-refractivity contribution is 6.59. The third kappa shape index (κ3) is 6.67. The van der Waals surface area contributed by atoms with Gasteiger partial charge in [-0.2, -0.15) is 0 Å². The van der Waals surface area contributed by atoms with Crippen molar-refractivity contribution in [3.8, 4) is 0 Å². The molecule has 2 aromatic rings. The molecular formula is C29H38F2N3O4Si. The second-order valence-electron chi connectivity index (χ2n) is 10.9. The van der Waals surface area contributed by atoms with Crippen LogP contribution in [0.1, 0.15) is 73.1 Å². The monoisotopic (exact) mass is 558 g/mol. The van der Waals surface area contributed by atoms with Crippen LogP contribution in [0.3, 0.4) is 0 Å². The van der Waals surface area contributed by atoms with Crippen LogP contribution in [0.5, 0.6) is 0 Å². The van der Waals surface area contributed by atoms with E-state index in [1.54, 1.807) is 7.05 Å². The van der Waals surface area contributed by atoms with Gasteiger partial charge in [0.2, 0.25) is 0 Å². The first-order valence-electron chi connectivity index (χ1n) is 14.2. The number of aromatic nitrogens is 1. The van der Waals surface area contributed by atoms with Gasteiger partial charge in [-0.15, -0.1) is 0 Å². The Morgan fingerprint density at radius 3 is 2.87 bits per heavy atom. The van der Waals surface area contributed by atoms with Gasteiger partial charge < -0.3 is 24.5 Å². The Labute approximate surface area is 230 Å². The number of ether oxygens (including phenoxy) is 2. The molecule has 2 fully saturated rings. The van der Waals surface area contributed by atoms with Crippen LogP contribution in [-0.4, -0.2) is 62.5 Å². The van der Waals surface area contributed by atoms with E-state index in [1.165, 1.54) is 11.6 Å². The fraction of sp³-hybridized carbons (Fsp3) is 0.586. The van der Waals surface area contributed by atoms with Gasteiger partial charge in [-0.05, 0) is 93.8 Å². The predicted octanol–water partition coefficient (Wildman–Crippen LogP) is 5.43. The molecule has 0 spiro atoms. The molecule has 0 amide bonds. The van der Waals surface area contributed by atoms with Crippen molar-refractivity contribution in [1.29, 1.82) is 0 Å². The number of anilines is 1. The lowest BCUT2D eigenvalue weighted by atomic mass is 9.92. The normalized spacial score (nSPS) is 20.8. The topological polar surface area (TPSA) is 83.9 Å². The van der Waals surface area contributed by atoms with E-state index in [4.69, 9.17) is 14.5 Å². The van der Waals surface area contributed by atoms with Crippen molar-refractivity contribution in [2.45, 2.75) is 81.7 Å². The number of hydrogen-bond acceptors (Lipinski definition) is 6. The Hall–Kier alpha value is -2.40. The number of hydrogen-bond donors (Lipinski definition) is 2. The summed E-state index contributed by atoms with van der Waals surface area (Å²) in [5.74, 6) is -1.57. The lowest BCUT2D eigenvalue weighted by Crippen LogP contribution is -2.52. The Morgan fingerprint density at radius 1 is 1.26 bits per heavy atom. The van der Waals surface area contributed by atoms with Crippen LogP contribution in [0.4, 0.5) is 14.6 Å². The standard InChI is InChI=1S/C29H38F2N3O4Si/c1-34(27(29(35)36)23-15-20(30)16-24(31)26(23)25-9-3-5-14-38-25)39-17-22(18-39)37-13-4-2-8-21-11-10-19-7-6-12-32-28(19)33-21/h10-11,15-16,22,25,27H,2-9,12-14,17-18H2,1H3,(H,32,33)(H,35,36)/t25-,27-/m0/s1. The van der Waals surface area contributed by atoms with Gasteiger partial charge in [0, 0.05) is 37.1 Å².